The first-order valence-electron chi connectivity index (χ1n) is 10.8. The number of thioether (sulfide) groups is 1. The van der Waals surface area contributed by atoms with Crippen LogP contribution in [-0.2, 0) is 5.41 Å². The van der Waals surface area contributed by atoms with E-state index in [1.54, 1.807) is 24.3 Å². The number of carbonyl (C=O) groups is 1. The minimum atomic E-state index is 0.0204. The van der Waals surface area contributed by atoms with Crippen LogP contribution in [0.4, 0.5) is 0 Å². The van der Waals surface area contributed by atoms with E-state index in [1.807, 2.05) is 16.7 Å². The molecule has 0 N–H and O–H groups in total. The Hall–Kier alpha value is -2.89. The molecule has 0 aliphatic rings. The van der Waals surface area contributed by atoms with E-state index in [4.69, 9.17) is 11.6 Å². The summed E-state index contributed by atoms with van der Waals surface area (Å²) in [5.41, 5.74) is 5.05. The fraction of sp³-hybridized carbons (Fsp3) is 0.222. The molecule has 4 aromatic rings. The van der Waals surface area contributed by atoms with E-state index in [9.17, 15) is 4.79 Å². The van der Waals surface area contributed by atoms with E-state index in [0.717, 1.165) is 22.6 Å². The van der Waals surface area contributed by atoms with Crippen LogP contribution in [0.1, 0.15) is 42.3 Å². The summed E-state index contributed by atoms with van der Waals surface area (Å²) in [6.45, 7) is 8.66. The van der Waals surface area contributed by atoms with Crippen molar-refractivity contribution in [2.24, 2.45) is 0 Å². The lowest BCUT2D eigenvalue weighted by atomic mass is 9.87. The number of nitrogens with zero attached hydrogens (tertiary/aromatic N) is 3. The number of aryl methyl sites for hydroxylation is 1. The zero-order valence-corrected chi connectivity index (χ0v) is 20.7. The SMILES string of the molecule is Cc1ccccc1-n1c(SCC(=O)c2ccc(Cl)cc2)nnc1-c1ccc(C(C)(C)C)cc1. The maximum absolute atomic E-state index is 12.7. The molecule has 33 heavy (non-hydrogen) atoms. The van der Waals surface area contributed by atoms with Gasteiger partial charge in [0, 0.05) is 16.1 Å². The van der Waals surface area contributed by atoms with Crippen LogP contribution in [0.15, 0.2) is 78.0 Å². The van der Waals surface area contributed by atoms with Gasteiger partial charge < -0.3 is 0 Å². The second kappa shape index (κ2) is 9.54. The Balaban J connectivity index is 1.69. The summed E-state index contributed by atoms with van der Waals surface area (Å²) in [7, 11) is 0. The number of hydrogen-bond donors (Lipinski definition) is 0. The fourth-order valence-corrected chi connectivity index (χ4v) is 4.52. The van der Waals surface area contributed by atoms with E-state index < -0.39 is 0 Å². The van der Waals surface area contributed by atoms with Crippen LogP contribution < -0.4 is 0 Å². The predicted molar refractivity (Wildman–Crippen MR) is 137 cm³/mol. The number of ketones is 1. The van der Waals surface area contributed by atoms with Crippen molar-refractivity contribution >= 4 is 29.1 Å². The molecule has 0 aliphatic carbocycles. The Kier molecular flexibility index (Phi) is 6.73. The highest BCUT2D eigenvalue weighted by atomic mass is 35.5. The molecule has 3 aromatic carbocycles. The van der Waals surface area contributed by atoms with Gasteiger partial charge in [-0.1, -0.05) is 86.6 Å². The second-order valence-electron chi connectivity index (χ2n) is 8.97. The number of aromatic nitrogens is 3. The molecule has 0 unspecified atom stereocenters. The molecule has 1 aromatic heterocycles. The van der Waals surface area contributed by atoms with Crippen molar-refractivity contribution < 1.29 is 4.79 Å². The molecule has 6 heteroatoms. The highest BCUT2D eigenvalue weighted by Gasteiger charge is 2.20. The van der Waals surface area contributed by atoms with E-state index in [-0.39, 0.29) is 17.0 Å². The molecule has 0 spiro atoms. The summed E-state index contributed by atoms with van der Waals surface area (Å²) < 4.78 is 2.04. The van der Waals surface area contributed by atoms with Gasteiger partial charge in [0.15, 0.2) is 16.8 Å². The standard InChI is InChI=1S/C27H26ClN3OS/c1-18-7-5-6-8-23(18)31-25(20-9-13-21(14-10-20)27(2,3)4)29-30-26(31)33-17-24(32)19-11-15-22(28)16-12-19/h5-16H,17H2,1-4H3. The Morgan fingerprint density at radius 2 is 1.61 bits per heavy atom. The average molecular weight is 476 g/mol. The monoisotopic (exact) mass is 475 g/mol. The summed E-state index contributed by atoms with van der Waals surface area (Å²) in [6.07, 6.45) is 0. The third-order valence-corrected chi connectivity index (χ3v) is 6.68. The van der Waals surface area contributed by atoms with Crippen molar-refractivity contribution in [3.8, 4) is 17.1 Å². The summed E-state index contributed by atoms with van der Waals surface area (Å²) in [4.78, 5) is 12.7. The first-order valence-corrected chi connectivity index (χ1v) is 12.1. The van der Waals surface area contributed by atoms with Crippen LogP contribution in [0.25, 0.3) is 17.1 Å². The van der Waals surface area contributed by atoms with Gasteiger partial charge >= 0.3 is 0 Å². The highest BCUT2D eigenvalue weighted by molar-refractivity contribution is 7.99. The second-order valence-corrected chi connectivity index (χ2v) is 10.4. The number of benzene rings is 3. The Bertz CT molecular complexity index is 1270. The molecule has 1 heterocycles. The average Bonchev–Trinajstić information content (AvgIpc) is 3.21. The molecule has 0 radical (unpaired) electrons. The van der Waals surface area contributed by atoms with Gasteiger partial charge in [-0.25, -0.2) is 0 Å². The molecule has 0 amide bonds. The van der Waals surface area contributed by atoms with Gasteiger partial charge in [-0.05, 0) is 53.8 Å². The molecule has 0 aliphatic heterocycles. The normalized spacial score (nSPS) is 11.5. The highest BCUT2D eigenvalue weighted by Crippen LogP contribution is 2.31. The summed E-state index contributed by atoms with van der Waals surface area (Å²) >= 11 is 7.34. The molecule has 0 atom stereocenters. The zero-order chi connectivity index (χ0) is 23.6. The van der Waals surface area contributed by atoms with Gasteiger partial charge in [0.1, 0.15) is 0 Å². The molecular formula is C27H26ClN3OS. The van der Waals surface area contributed by atoms with Crippen molar-refractivity contribution in [2.45, 2.75) is 38.3 Å². The lowest BCUT2D eigenvalue weighted by molar-refractivity contribution is 0.102. The van der Waals surface area contributed by atoms with Gasteiger partial charge in [0.25, 0.3) is 0 Å². The van der Waals surface area contributed by atoms with Crippen LogP contribution in [0.3, 0.4) is 0 Å². The number of rotatable bonds is 6. The third-order valence-electron chi connectivity index (χ3n) is 5.50. The van der Waals surface area contributed by atoms with Crippen LogP contribution in [0.2, 0.25) is 5.02 Å². The summed E-state index contributed by atoms with van der Waals surface area (Å²) in [6, 6.07) is 23.6. The maximum atomic E-state index is 12.7. The first-order chi connectivity index (χ1) is 15.7. The van der Waals surface area contributed by atoms with Gasteiger partial charge in [0.05, 0.1) is 11.4 Å². The summed E-state index contributed by atoms with van der Waals surface area (Å²) in [5, 5.41) is 10.3. The van der Waals surface area contributed by atoms with Crippen LogP contribution in [0.5, 0.6) is 0 Å². The van der Waals surface area contributed by atoms with Crippen molar-refractivity contribution in [2.75, 3.05) is 5.75 Å². The molecular weight excluding hydrogens is 450 g/mol. The maximum Gasteiger partial charge on any atom is 0.196 e. The van der Waals surface area contributed by atoms with Crippen molar-refractivity contribution in [3.05, 3.63) is 94.5 Å². The lowest BCUT2D eigenvalue weighted by Crippen LogP contribution is -2.10. The van der Waals surface area contributed by atoms with E-state index >= 15 is 0 Å². The Labute approximate surface area is 204 Å². The van der Waals surface area contributed by atoms with Crippen LogP contribution in [0, 0.1) is 6.92 Å². The van der Waals surface area contributed by atoms with Crippen LogP contribution in [-0.4, -0.2) is 26.3 Å². The molecule has 168 valence electrons. The van der Waals surface area contributed by atoms with Crippen LogP contribution >= 0.6 is 23.4 Å². The third kappa shape index (κ3) is 5.21. The Morgan fingerprint density at radius 3 is 2.24 bits per heavy atom. The van der Waals surface area contributed by atoms with Crippen molar-refractivity contribution in [1.82, 2.24) is 14.8 Å². The number of hydrogen-bond acceptors (Lipinski definition) is 4. The largest absolute Gasteiger partial charge is 0.293 e. The molecule has 0 bridgehead atoms. The lowest BCUT2D eigenvalue weighted by Gasteiger charge is -2.19. The van der Waals surface area contributed by atoms with Crippen molar-refractivity contribution in [3.63, 3.8) is 0 Å². The predicted octanol–water partition coefficient (Wildman–Crippen LogP) is 7.17. The Morgan fingerprint density at radius 1 is 0.939 bits per heavy atom. The number of carbonyl (C=O) groups excluding carboxylic acids is 1. The van der Waals surface area contributed by atoms with Gasteiger partial charge in [-0.3, -0.25) is 9.36 Å². The van der Waals surface area contributed by atoms with Gasteiger partial charge in [-0.2, -0.15) is 0 Å². The van der Waals surface area contributed by atoms with E-state index in [2.05, 4.69) is 74.3 Å². The van der Waals surface area contributed by atoms with E-state index in [1.165, 1.54) is 17.3 Å². The molecule has 4 rings (SSSR count). The topological polar surface area (TPSA) is 47.8 Å². The minimum Gasteiger partial charge on any atom is -0.293 e. The number of halogens is 1. The van der Waals surface area contributed by atoms with Crippen molar-refractivity contribution in [1.29, 1.82) is 0 Å². The molecule has 4 nitrogen and oxygen atoms in total. The van der Waals surface area contributed by atoms with Gasteiger partial charge in [-0.15, -0.1) is 10.2 Å². The number of para-hydroxylation sites is 1. The molecule has 0 saturated carbocycles. The smallest absolute Gasteiger partial charge is 0.196 e. The quantitative estimate of drug-likeness (QED) is 0.219. The first kappa shape index (κ1) is 23.3. The minimum absolute atomic E-state index is 0.0204. The summed E-state index contributed by atoms with van der Waals surface area (Å²) in [5.74, 6) is 1.03. The number of Topliss-reactive ketones (excluding diaryl/α,β-unsaturated/α-hetero) is 1. The van der Waals surface area contributed by atoms with Gasteiger partial charge in [0.2, 0.25) is 0 Å². The fourth-order valence-electron chi connectivity index (χ4n) is 3.55. The van der Waals surface area contributed by atoms with E-state index in [0.29, 0.717) is 15.7 Å². The molecule has 0 fully saturated rings. The molecule has 0 saturated heterocycles. The zero-order valence-electron chi connectivity index (χ0n) is 19.2.